The van der Waals surface area contributed by atoms with Gasteiger partial charge in [-0.3, -0.25) is 14.9 Å². The number of urea groups is 1. The Hall–Kier alpha value is -2.98. The number of methoxy groups -OCH3 is 1. The summed E-state index contributed by atoms with van der Waals surface area (Å²) in [5.41, 5.74) is 0.807. The molecule has 0 saturated carbocycles. The normalized spacial score (nSPS) is 14.6. The van der Waals surface area contributed by atoms with Gasteiger partial charge in [0.25, 0.3) is 11.8 Å². The average molecular weight is 636 g/mol. The second-order valence-electron chi connectivity index (χ2n) is 8.43. The first-order valence-corrected chi connectivity index (χ1v) is 13.6. The fourth-order valence-electron chi connectivity index (χ4n) is 3.78. The Labute approximate surface area is 232 Å². The first kappa shape index (κ1) is 28.6. The van der Waals surface area contributed by atoms with E-state index in [4.69, 9.17) is 4.74 Å². The smallest absolute Gasteiger partial charge is 0.337 e. The van der Waals surface area contributed by atoms with Crippen molar-refractivity contribution in [3.05, 3.63) is 62.0 Å². The molecule has 0 aromatic heterocycles. The number of rotatable bonds is 11. The lowest BCUT2D eigenvalue weighted by atomic mass is 10.1. The number of ether oxygens (including phenoxy) is 2. The van der Waals surface area contributed by atoms with E-state index in [-0.39, 0.29) is 16.8 Å². The zero-order valence-corrected chi connectivity index (χ0v) is 23.8. The van der Waals surface area contributed by atoms with E-state index >= 15 is 0 Å². The molecule has 0 bridgehead atoms. The van der Waals surface area contributed by atoms with Crippen LogP contribution in [-0.4, -0.2) is 37.5 Å². The van der Waals surface area contributed by atoms with Crippen LogP contribution in [0.1, 0.15) is 61.4 Å². The Balaban J connectivity index is 1.76. The Kier molecular flexibility index (Phi) is 10.5. The fraction of sp³-hybridized carbons (Fsp3) is 0.333. The minimum Gasteiger partial charge on any atom is -0.491 e. The predicted octanol–water partition coefficient (Wildman–Crippen LogP) is 6.40. The van der Waals surface area contributed by atoms with E-state index < -0.39 is 23.8 Å². The van der Waals surface area contributed by atoms with Crippen molar-refractivity contribution in [2.45, 2.75) is 45.4 Å². The molecule has 4 amide bonds. The molecule has 3 rings (SSSR count). The molecule has 0 unspecified atom stereocenters. The molecule has 0 spiro atoms. The van der Waals surface area contributed by atoms with Crippen LogP contribution >= 0.6 is 31.9 Å². The van der Waals surface area contributed by atoms with Crippen LogP contribution in [-0.2, 0) is 14.3 Å². The van der Waals surface area contributed by atoms with Crippen molar-refractivity contribution >= 4 is 67.4 Å². The minimum absolute atomic E-state index is 0.203. The first-order chi connectivity index (χ1) is 17.8. The zero-order valence-electron chi connectivity index (χ0n) is 20.6. The predicted molar refractivity (Wildman–Crippen MR) is 147 cm³/mol. The van der Waals surface area contributed by atoms with Crippen molar-refractivity contribution in [2.75, 3.05) is 18.6 Å². The number of esters is 1. The summed E-state index contributed by atoms with van der Waals surface area (Å²) in [5, 5.41) is 2.19. The van der Waals surface area contributed by atoms with Crippen LogP contribution in [0.25, 0.3) is 6.08 Å². The van der Waals surface area contributed by atoms with E-state index in [2.05, 4.69) is 48.8 Å². The average Bonchev–Trinajstić information content (AvgIpc) is 2.87. The quantitative estimate of drug-likeness (QED) is 0.133. The van der Waals surface area contributed by atoms with E-state index in [0.29, 0.717) is 26.9 Å². The molecule has 0 aliphatic carbocycles. The van der Waals surface area contributed by atoms with Crippen LogP contribution in [0.15, 0.2) is 50.9 Å². The van der Waals surface area contributed by atoms with Crippen LogP contribution in [0.3, 0.4) is 0 Å². The SMILES string of the molecule is CCCCCCCCOc1c(Br)cc(/C=C2/C(=O)NC(=O)N(c3ccc(C(=O)OC)cc3)C2=O)cc1Br. The van der Waals surface area contributed by atoms with Crippen molar-refractivity contribution in [3.8, 4) is 5.75 Å². The van der Waals surface area contributed by atoms with Gasteiger partial charge in [-0.05, 0) is 86.3 Å². The largest absolute Gasteiger partial charge is 0.491 e. The third-order valence-electron chi connectivity index (χ3n) is 5.72. The van der Waals surface area contributed by atoms with Gasteiger partial charge >= 0.3 is 12.0 Å². The molecular formula is C27H28Br2N2O6. The van der Waals surface area contributed by atoms with Gasteiger partial charge in [0.2, 0.25) is 0 Å². The fourth-order valence-corrected chi connectivity index (χ4v) is 5.23. The second-order valence-corrected chi connectivity index (χ2v) is 10.1. The number of unbranched alkanes of at least 4 members (excludes halogenated alkanes) is 5. The Morgan fingerprint density at radius 2 is 1.59 bits per heavy atom. The summed E-state index contributed by atoms with van der Waals surface area (Å²) >= 11 is 7.01. The standard InChI is InChI=1S/C27H28Br2N2O6/c1-3-4-5-6-7-8-13-37-23-21(28)15-17(16-22(23)29)14-20-24(32)30-27(35)31(25(20)33)19-11-9-18(10-12-19)26(34)36-2/h9-12,14-16H,3-8,13H2,1-2H3,(H,30,32,35)/b20-14-. The second kappa shape index (κ2) is 13.5. The third-order valence-corrected chi connectivity index (χ3v) is 6.90. The summed E-state index contributed by atoms with van der Waals surface area (Å²) in [6.07, 6.45) is 8.37. The number of nitrogens with zero attached hydrogens (tertiary/aromatic N) is 1. The highest BCUT2D eigenvalue weighted by molar-refractivity contribution is 9.11. The number of halogens is 2. The number of amides is 4. The Morgan fingerprint density at radius 1 is 0.973 bits per heavy atom. The van der Waals surface area contributed by atoms with Gasteiger partial charge in [-0.2, -0.15) is 0 Å². The molecule has 1 saturated heterocycles. The van der Waals surface area contributed by atoms with Crippen LogP contribution < -0.4 is 15.0 Å². The molecule has 2 aromatic rings. The van der Waals surface area contributed by atoms with Crippen molar-refractivity contribution in [3.63, 3.8) is 0 Å². The van der Waals surface area contributed by atoms with Crippen LogP contribution in [0.2, 0.25) is 0 Å². The maximum atomic E-state index is 13.2. The lowest BCUT2D eigenvalue weighted by Crippen LogP contribution is -2.54. The molecule has 37 heavy (non-hydrogen) atoms. The topological polar surface area (TPSA) is 102 Å². The molecule has 0 radical (unpaired) electrons. The molecule has 1 aliphatic rings. The monoisotopic (exact) mass is 634 g/mol. The summed E-state index contributed by atoms with van der Waals surface area (Å²) in [4.78, 5) is 50.7. The lowest BCUT2D eigenvalue weighted by Gasteiger charge is -2.26. The Bertz CT molecular complexity index is 1190. The van der Waals surface area contributed by atoms with E-state index in [1.165, 1.54) is 63.1 Å². The number of carbonyl (C=O) groups is 4. The number of barbiturate groups is 1. The molecule has 1 heterocycles. The molecule has 1 fully saturated rings. The number of benzene rings is 2. The molecule has 0 atom stereocenters. The van der Waals surface area contributed by atoms with Crippen molar-refractivity contribution in [2.24, 2.45) is 0 Å². The number of hydrogen-bond donors (Lipinski definition) is 1. The Morgan fingerprint density at radius 3 is 2.22 bits per heavy atom. The van der Waals surface area contributed by atoms with Crippen LogP contribution in [0.4, 0.5) is 10.5 Å². The van der Waals surface area contributed by atoms with Crippen LogP contribution in [0.5, 0.6) is 5.75 Å². The maximum absolute atomic E-state index is 13.2. The van der Waals surface area contributed by atoms with Crippen molar-refractivity contribution in [1.29, 1.82) is 0 Å². The highest BCUT2D eigenvalue weighted by Gasteiger charge is 2.37. The van der Waals surface area contributed by atoms with Crippen LogP contribution in [0, 0.1) is 0 Å². The number of carbonyl (C=O) groups excluding carboxylic acids is 4. The molecule has 1 aliphatic heterocycles. The van der Waals surface area contributed by atoms with E-state index in [0.717, 1.165) is 17.7 Å². The number of anilines is 1. The zero-order chi connectivity index (χ0) is 26.9. The summed E-state index contributed by atoms with van der Waals surface area (Å²) in [7, 11) is 1.26. The summed E-state index contributed by atoms with van der Waals surface area (Å²) in [6, 6.07) is 8.32. The van der Waals surface area contributed by atoms with Gasteiger partial charge in [-0.15, -0.1) is 0 Å². The van der Waals surface area contributed by atoms with Gasteiger partial charge < -0.3 is 9.47 Å². The molecule has 2 aromatic carbocycles. The van der Waals surface area contributed by atoms with Gasteiger partial charge in [0.15, 0.2) is 0 Å². The van der Waals surface area contributed by atoms with Gasteiger partial charge in [-0.1, -0.05) is 39.0 Å². The van der Waals surface area contributed by atoms with Crippen molar-refractivity contribution in [1.82, 2.24) is 5.32 Å². The van der Waals surface area contributed by atoms with Gasteiger partial charge in [0, 0.05) is 0 Å². The summed E-state index contributed by atoms with van der Waals surface area (Å²) in [6.45, 7) is 2.77. The third kappa shape index (κ3) is 7.29. The number of imide groups is 2. The maximum Gasteiger partial charge on any atom is 0.337 e. The molecule has 10 heteroatoms. The lowest BCUT2D eigenvalue weighted by molar-refractivity contribution is -0.122. The highest BCUT2D eigenvalue weighted by Crippen LogP contribution is 2.36. The summed E-state index contributed by atoms with van der Waals surface area (Å²) in [5.74, 6) is -1.49. The molecule has 196 valence electrons. The number of nitrogens with one attached hydrogen (secondary N) is 1. The number of hydrogen-bond acceptors (Lipinski definition) is 6. The summed E-state index contributed by atoms with van der Waals surface area (Å²) < 4.78 is 11.9. The van der Waals surface area contributed by atoms with Gasteiger partial charge in [0.1, 0.15) is 11.3 Å². The minimum atomic E-state index is -0.876. The highest BCUT2D eigenvalue weighted by atomic mass is 79.9. The molecule has 8 nitrogen and oxygen atoms in total. The van der Waals surface area contributed by atoms with E-state index in [1.807, 2.05) is 0 Å². The first-order valence-electron chi connectivity index (χ1n) is 12.0. The molecule has 1 N–H and O–H groups in total. The van der Waals surface area contributed by atoms with E-state index in [9.17, 15) is 19.2 Å². The van der Waals surface area contributed by atoms with Gasteiger partial charge in [-0.25, -0.2) is 14.5 Å². The molecular weight excluding hydrogens is 608 g/mol. The van der Waals surface area contributed by atoms with Crippen molar-refractivity contribution < 1.29 is 28.7 Å². The van der Waals surface area contributed by atoms with E-state index in [1.54, 1.807) is 12.1 Å². The van der Waals surface area contributed by atoms with Gasteiger partial charge in [0.05, 0.1) is 33.9 Å².